The number of methoxy groups -OCH3 is 1. The van der Waals surface area contributed by atoms with Crippen molar-refractivity contribution < 1.29 is 9.53 Å². The Morgan fingerprint density at radius 1 is 1.39 bits per heavy atom. The topological polar surface area (TPSA) is 109 Å². The Balaban J connectivity index is 2.28. The van der Waals surface area contributed by atoms with Crippen LogP contribution in [0.5, 0.6) is 0 Å². The highest BCUT2D eigenvalue weighted by Crippen LogP contribution is 2.35. The molecule has 0 radical (unpaired) electrons. The quantitative estimate of drug-likeness (QED) is 0.560. The summed E-state index contributed by atoms with van der Waals surface area (Å²) >= 11 is 6.12. The molecule has 3 aromatic rings. The van der Waals surface area contributed by atoms with E-state index in [1.54, 1.807) is 22.8 Å². The predicted octanol–water partition coefficient (Wildman–Crippen LogP) is 1.93. The molecule has 0 unspecified atom stereocenters. The van der Waals surface area contributed by atoms with Gasteiger partial charge in [-0.2, -0.15) is 5.10 Å². The number of anilines is 2. The van der Waals surface area contributed by atoms with Crippen molar-refractivity contribution in [1.29, 1.82) is 0 Å². The summed E-state index contributed by atoms with van der Waals surface area (Å²) in [7, 11) is 1.34. The first-order chi connectivity index (χ1) is 11.0. The van der Waals surface area contributed by atoms with Crippen LogP contribution in [0.3, 0.4) is 0 Å². The van der Waals surface area contributed by atoms with Crippen molar-refractivity contribution in [2.45, 2.75) is 6.42 Å². The summed E-state index contributed by atoms with van der Waals surface area (Å²) in [5.41, 5.74) is 15.0. The molecule has 0 aliphatic rings. The highest BCUT2D eigenvalue weighted by molar-refractivity contribution is 6.33. The molecule has 118 valence electrons. The van der Waals surface area contributed by atoms with Crippen molar-refractivity contribution in [3.8, 4) is 11.1 Å². The van der Waals surface area contributed by atoms with Gasteiger partial charge in [0.2, 0.25) is 0 Å². The Bertz CT molecular complexity index is 906. The lowest BCUT2D eigenvalue weighted by molar-refractivity contribution is -0.139. The summed E-state index contributed by atoms with van der Waals surface area (Å²) in [4.78, 5) is 15.7. The third-order valence-corrected chi connectivity index (χ3v) is 3.86. The third-order valence-electron chi connectivity index (χ3n) is 3.53. The van der Waals surface area contributed by atoms with E-state index in [1.165, 1.54) is 13.4 Å². The van der Waals surface area contributed by atoms with Crippen molar-refractivity contribution in [3.05, 3.63) is 41.3 Å². The molecule has 1 aromatic carbocycles. The maximum Gasteiger partial charge on any atom is 0.310 e. The van der Waals surface area contributed by atoms with Gasteiger partial charge in [-0.1, -0.05) is 17.7 Å². The fraction of sp³-hybridized carbons (Fsp3) is 0.133. The molecule has 0 atom stereocenters. The van der Waals surface area contributed by atoms with Gasteiger partial charge in [0, 0.05) is 11.8 Å². The summed E-state index contributed by atoms with van der Waals surface area (Å²) < 4.78 is 6.34. The summed E-state index contributed by atoms with van der Waals surface area (Å²) in [5, 5.41) is 4.56. The lowest BCUT2D eigenvalue weighted by Gasteiger charge is -2.07. The van der Waals surface area contributed by atoms with Crippen LogP contribution >= 0.6 is 11.6 Å². The van der Waals surface area contributed by atoms with Crippen LogP contribution in [-0.4, -0.2) is 27.7 Å². The molecule has 23 heavy (non-hydrogen) atoms. The Kier molecular flexibility index (Phi) is 3.79. The number of hydrogen-bond acceptors (Lipinski definition) is 6. The van der Waals surface area contributed by atoms with Crippen LogP contribution in [0.4, 0.5) is 11.5 Å². The Morgan fingerprint density at radius 3 is 2.87 bits per heavy atom. The van der Waals surface area contributed by atoms with E-state index in [1.807, 2.05) is 6.07 Å². The largest absolute Gasteiger partial charge is 0.469 e. The second kappa shape index (κ2) is 5.77. The van der Waals surface area contributed by atoms with Gasteiger partial charge in [-0.25, -0.2) is 9.50 Å². The Hall–Kier alpha value is -2.80. The maximum absolute atomic E-state index is 11.7. The third kappa shape index (κ3) is 2.66. The minimum atomic E-state index is -0.366. The molecule has 0 fully saturated rings. The summed E-state index contributed by atoms with van der Waals surface area (Å²) in [6.07, 6.45) is 3.16. The van der Waals surface area contributed by atoms with Crippen molar-refractivity contribution in [2.24, 2.45) is 0 Å². The molecular formula is C15H14ClN5O2. The van der Waals surface area contributed by atoms with E-state index in [-0.39, 0.29) is 12.4 Å². The Morgan fingerprint density at radius 2 is 2.17 bits per heavy atom. The molecule has 7 nitrogen and oxygen atoms in total. The lowest BCUT2D eigenvalue weighted by atomic mass is 10.0. The zero-order chi connectivity index (χ0) is 16.6. The smallest absolute Gasteiger partial charge is 0.310 e. The van der Waals surface area contributed by atoms with Gasteiger partial charge in [-0.3, -0.25) is 4.79 Å². The minimum absolute atomic E-state index is 0.0800. The molecular weight excluding hydrogens is 318 g/mol. The molecule has 0 amide bonds. The molecule has 2 heterocycles. The summed E-state index contributed by atoms with van der Waals surface area (Å²) in [6.45, 7) is 0. The van der Waals surface area contributed by atoms with Crippen LogP contribution in [0.25, 0.3) is 16.6 Å². The van der Waals surface area contributed by atoms with Crippen LogP contribution in [0.2, 0.25) is 5.02 Å². The zero-order valence-corrected chi connectivity index (χ0v) is 13.0. The van der Waals surface area contributed by atoms with Crippen molar-refractivity contribution in [3.63, 3.8) is 0 Å². The van der Waals surface area contributed by atoms with E-state index in [9.17, 15) is 4.79 Å². The highest BCUT2D eigenvalue weighted by Gasteiger charge is 2.19. The van der Waals surface area contributed by atoms with E-state index in [2.05, 4.69) is 10.1 Å². The first kappa shape index (κ1) is 15.1. The molecule has 8 heteroatoms. The number of halogens is 1. The molecule has 0 aliphatic carbocycles. The Labute approximate surface area is 136 Å². The van der Waals surface area contributed by atoms with E-state index >= 15 is 0 Å². The van der Waals surface area contributed by atoms with Gasteiger partial charge in [0.05, 0.1) is 24.2 Å². The van der Waals surface area contributed by atoms with Gasteiger partial charge in [0.15, 0.2) is 5.82 Å². The fourth-order valence-electron chi connectivity index (χ4n) is 2.45. The molecule has 3 rings (SSSR count). The second-order valence-corrected chi connectivity index (χ2v) is 5.36. The molecule has 2 aromatic heterocycles. The first-order valence-electron chi connectivity index (χ1n) is 6.74. The number of nitrogens with zero attached hydrogens (tertiary/aromatic N) is 3. The molecule has 0 bridgehead atoms. The van der Waals surface area contributed by atoms with Gasteiger partial charge >= 0.3 is 5.97 Å². The average molecular weight is 332 g/mol. The fourth-order valence-corrected chi connectivity index (χ4v) is 2.63. The molecule has 0 aliphatic heterocycles. The zero-order valence-electron chi connectivity index (χ0n) is 12.3. The van der Waals surface area contributed by atoms with E-state index in [4.69, 9.17) is 27.8 Å². The first-order valence-corrected chi connectivity index (χ1v) is 7.12. The number of aromatic nitrogens is 3. The number of esters is 1. The normalized spacial score (nSPS) is 10.9. The molecule has 4 N–H and O–H groups in total. The highest BCUT2D eigenvalue weighted by atomic mass is 35.5. The van der Waals surface area contributed by atoms with Crippen LogP contribution in [0, 0.1) is 0 Å². The van der Waals surface area contributed by atoms with Crippen LogP contribution < -0.4 is 11.5 Å². The van der Waals surface area contributed by atoms with E-state index in [0.717, 1.165) is 11.1 Å². The second-order valence-electron chi connectivity index (χ2n) is 4.96. The number of fused-ring (bicyclic) bond motifs is 1. The number of rotatable bonds is 3. The molecule has 0 spiro atoms. The number of benzene rings is 1. The number of carbonyl (C=O) groups is 1. The van der Waals surface area contributed by atoms with Gasteiger partial charge < -0.3 is 16.2 Å². The summed E-state index contributed by atoms with van der Waals surface area (Å²) in [5.74, 6) is -0.0608. The monoisotopic (exact) mass is 331 g/mol. The number of nitrogens with two attached hydrogens (primary N) is 2. The molecule has 0 saturated heterocycles. The van der Waals surface area contributed by atoms with E-state index in [0.29, 0.717) is 27.6 Å². The lowest BCUT2D eigenvalue weighted by Crippen LogP contribution is -2.04. The van der Waals surface area contributed by atoms with Gasteiger partial charge in [0.1, 0.15) is 11.8 Å². The number of hydrogen-bond donors (Lipinski definition) is 2. The number of ether oxygens (including phenoxy) is 1. The molecule has 0 saturated carbocycles. The van der Waals surface area contributed by atoms with Crippen LogP contribution in [0.15, 0.2) is 30.7 Å². The predicted molar refractivity (Wildman–Crippen MR) is 88.0 cm³/mol. The van der Waals surface area contributed by atoms with E-state index < -0.39 is 0 Å². The van der Waals surface area contributed by atoms with Crippen LogP contribution in [0.1, 0.15) is 5.56 Å². The van der Waals surface area contributed by atoms with Gasteiger partial charge in [0.25, 0.3) is 0 Å². The van der Waals surface area contributed by atoms with Gasteiger partial charge in [-0.05, 0) is 23.3 Å². The number of carbonyl (C=O) groups excluding carboxylic acids is 1. The SMILES string of the molecule is COC(=O)Cc1cn2ncnc(N)c2c1-c1ccc(N)c(Cl)c1. The van der Waals surface area contributed by atoms with Crippen molar-refractivity contribution in [1.82, 2.24) is 14.6 Å². The number of nitrogen functional groups attached to an aromatic ring is 2. The van der Waals surface area contributed by atoms with Crippen LogP contribution in [-0.2, 0) is 16.0 Å². The summed E-state index contributed by atoms with van der Waals surface area (Å²) in [6, 6.07) is 5.23. The van der Waals surface area contributed by atoms with Crippen molar-refractivity contribution in [2.75, 3.05) is 18.6 Å². The average Bonchev–Trinajstić information content (AvgIpc) is 2.89. The standard InChI is InChI=1S/C15H14ClN5O2/c1-23-12(22)5-9-6-21-14(15(18)19-7-20-21)13(9)8-2-3-11(17)10(16)4-8/h2-4,6-7H,5,17H2,1H3,(H2,18,19,20). The minimum Gasteiger partial charge on any atom is -0.469 e. The van der Waals surface area contributed by atoms with Gasteiger partial charge in [-0.15, -0.1) is 0 Å². The maximum atomic E-state index is 11.7. The van der Waals surface area contributed by atoms with Crippen molar-refractivity contribution >= 4 is 34.6 Å².